The van der Waals surface area contributed by atoms with Crippen LogP contribution in [0.3, 0.4) is 0 Å². The first-order valence-electron chi connectivity index (χ1n) is 7.12. The summed E-state index contributed by atoms with van der Waals surface area (Å²) in [5.74, 6) is 0. The van der Waals surface area contributed by atoms with E-state index >= 15 is 0 Å². The lowest BCUT2D eigenvalue weighted by atomic mass is 9.96. The summed E-state index contributed by atoms with van der Waals surface area (Å²) in [7, 11) is 0. The van der Waals surface area contributed by atoms with Gasteiger partial charge in [-0.2, -0.15) is 0 Å². The zero-order valence-electron chi connectivity index (χ0n) is 12.0. The molecule has 0 radical (unpaired) electrons. The highest BCUT2D eigenvalue weighted by Gasteiger charge is 2.14. The highest BCUT2D eigenvalue weighted by atomic mass is 32.1. The third-order valence-electron chi connectivity index (χ3n) is 3.60. The zero-order valence-corrected chi connectivity index (χ0v) is 12.8. The van der Waals surface area contributed by atoms with Crippen molar-refractivity contribution >= 4 is 11.3 Å². The molecule has 2 heteroatoms. The first kappa shape index (κ1) is 14.1. The maximum atomic E-state index is 10.6. The van der Waals surface area contributed by atoms with Gasteiger partial charge < -0.3 is 5.11 Å². The van der Waals surface area contributed by atoms with Gasteiger partial charge in [-0.25, -0.2) is 0 Å². The monoisotopic (exact) mass is 294 g/mol. The van der Waals surface area contributed by atoms with E-state index in [1.165, 1.54) is 9.75 Å². The molecule has 1 N–H and O–H groups in total. The normalized spacial score (nSPS) is 12.3. The Morgan fingerprint density at radius 3 is 2.33 bits per heavy atom. The van der Waals surface area contributed by atoms with Gasteiger partial charge in [0.05, 0.1) is 6.10 Å². The molecule has 3 aromatic rings. The molecule has 2 aromatic carbocycles. The van der Waals surface area contributed by atoms with Crippen molar-refractivity contribution in [1.29, 1.82) is 0 Å². The Morgan fingerprint density at radius 2 is 1.62 bits per heavy atom. The number of aliphatic hydroxyl groups is 1. The molecule has 0 spiro atoms. The van der Waals surface area contributed by atoms with Gasteiger partial charge in [-0.05, 0) is 35.7 Å². The van der Waals surface area contributed by atoms with Crippen LogP contribution in [0.1, 0.15) is 22.1 Å². The molecule has 0 amide bonds. The largest absolute Gasteiger partial charge is 0.388 e. The van der Waals surface area contributed by atoms with Gasteiger partial charge in [-0.3, -0.25) is 0 Å². The topological polar surface area (TPSA) is 20.2 Å². The second-order valence-electron chi connectivity index (χ2n) is 5.20. The number of thiophene rings is 1. The Labute approximate surface area is 129 Å². The van der Waals surface area contributed by atoms with Crippen LogP contribution in [0.5, 0.6) is 0 Å². The summed E-state index contributed by atoms with van der Waals surface area (Å²) in [6, 6.07) is 22.5. The van der Waals surface area contributed by atoms with E-state index in [0.717, 1.165) is 16.7 Å². The lowest BCUT2D eigenvalue weighted by molar-refractivity contribution is 0.179. The molecule has 1 nitrogen and oxygen atoms in total. The first-order chi connectivity index (χ1) is 10.2. The quantitative estimate of drug-likeness (QED) is 0.718. The second kappa shape index (κ2) is 6.25. The summed E-state index contributed by atoms with van der Waals surface area (Å²) in [6.45, 7) is 2.11. The summed E-state index contributed by atoms with van der Waals surface area (Å²) in [5, 5.41) is 10.6. The second-order valence-corrected chi connectivity index (χ2v) is 6.49. The molecule has 1 unspecified atom stereocenters. The van der Waals surface area contributed by atoms with E-state index in [2.05, 4.69) is 37.3 Å². The highest BCUT2D eigenvalue weighted by molar-refractivity contribution is 7.15. The van der Waals surface area contributed by atoms with Crippen LogP contribution in [0.15, 0.2) is 66.7 Å². The molecule has 21 heavy (non-hydrogen) atoms. The standard InChI is InChI=1S/C19H18OS/c1-14-11-12-19(21-14)17-10-6-5-9-16(17)18(20)13-15-7-3-2-4-8-15/h2-12,18,20H,13H2,1H3. The van der Waals surface area contributed by atoms with Crippen molar-refractivity contribution in [2.45, 2.75) is 19.4 Å². The fraction of sp³-hybridized carbons (Fsp3) is 0.158. The van der Waals surface area contributed by atoms with E-state index in [4.69, 9.17) is 0 Å². The minimum Gasteiger partial charge on any atom is -0.388 e. The molecule has 0 fully saturated rings. The van der Waals surface area contributed by atoms with Crippen LogP contribution in [0.4, 0.5) is 0 Å². The lowest BCUT2D eigenvalue weighted by Crippen LogP contribution is -2.03. The minimum atomic E-state index is -0.481. The van der Waals surface area contributed by atoms with Crippen LogP contribution in [0.2, 0.25) is 0 Å². The van der Waals surface area contributed by atoms with Crippen molar-refractivity contribution < 1.29 is 5.11 Å². The van der Waals surface area contributed by atoms with Gasteiger partial charge >= 0.3 is 0 Å². The smallest absolute Gasteiger partial charge is 0.0836 e. The van der Waals surface area contributed by atoms with E-state index < -0.39 is 6.10 Å². The Morgan fingerprint density at radius 1 is 0.905 bits per heavy atom. The average Bonchev–Trinajstić information content (AvgIpc) is 2.95. The van der Waals surface area contributed by atoms with E-state index in [1.54, 1.807) is 11.3 Å². The molecule has 0 bridgehead atoms. The Balaban J connectivity index is 1.91. The van der Waals surface area contributed by atoms with E-state index in [1.807, 2.05) is 36.4 Å². The van der Waals surface area contributed by atoms with Crippen molar-refractivity contribution in [3.8, 4) is 10.4 Å². The van der Waals surface area contributed by atoms with Crippen LogP contribution < -0.4 is 0 Å². The lowest BCUT2D eigenvalue weighted by Gasteiger charge is -2.15. The van der Waals surface area contributed by atoms with Crippen molar-refractivity contribution in [1.82, 2.24) is 0 Å². The minimum absolute atomic E-state index is 0.481. The van der Waals surface area contributed by atoms with Crippen LogP contribution >= 0.6 is 11.3 Å². The Kier molecular flexibility index (Phi) is 4.18. The molecule has 0 aliphatic carbocycles. The molecule has 1 aromatic heterocycles. The van der Waals surface area contributed by atoms with Crippen molar-refractivity contribution in [2.75, 3.05) is 0 Å². The Hall–Kier alpha value is -1.90. The van der Waals surface area contributed by atoms with Gasteiger partial charge in [0.1, 0.15) is 0 Å². The highest BCUT2D eigenvalue weighted by Crippen LogP contribution is 2.34. The summed E-state index contributed by atoms with van der Waals surface area (Å²) >= 11 is 1.77. The molecule has 0 saturated carbocycles. The van der Waals surface area contributed by atoms with Crippen LogP contribution in [-0.2, 0) is 6.42 Å². The fourth-order valence-corrected chi connectivity index (χ4v) is 3.45. The van der Waals surface area contributed by atoms with Crippen molar-refractivity contribution in [2.24, 2.45) is 0 Å². The summed E-state index contributed by atoms with van der Waals surface area (Å²) in [6.07, 6.45) is 0.161. The van der Waals surface area contributed by atoms with Gasteiger partial charge in [0.2, 0.25) is 0 Å². The number of rotatable bonds is 4. The van der Waals surface area contributed by atoms with Crippen molar-refractivity contribution in [3.63, 3.8) is 0 Å². The summed E-state index contributed by atoms with van der Waals surface area (Å²) in [4.78, 5) is 2.51. The average molecular weight is 294 g/mol. The number of benzene rings is 2. The van der Waals surface area contributed by atoms with E-state index in [9.17, 15) is 5.11 Å². The number of hydrogen-bond donors (Lipinski definition) is 1. The maximum Gasteiger partial charge on any atom is 0.0836 e. The van der Waals surface area contributed by atoms with Crippen LogP contribution in [0.25, 0.3) is 10.4 Å². The van der Waals surface area contributed by atoms with Gasteiger partial charge in [0, 0.05) is 16.2 Å². The zero-order chi connectivity index (χ0) is 14.7. The van der Waals surface area contributed by atoms with E-state index in [0.29, 0.717) is 6.42 Å². The SMILES string of the molecule is Cc1ccc(-c2ccccc2C(O)Cc2ccccc2)s1. The number of hydrogen-bond acceptors (Lipinski definition) is 2. The van der Waals surface area contributed by atoms with Gasteiger partial charge in [-0.1, -0.05) is 54.6 Å². The third-order valence-corrected chi connectivity index (χ3v) is 4.63. The predicted molar refractivity (Wildman–Crippen MR) is 89.6 cm³/mol. The summed E-state index contributed by atoms with van der Waals surface area (Å²) in [5.41, 5.74) is 3.30. The molecule has 106 valence electrons. The number of aliphatic hydroxyl groups excluding tert-OH is 1. The third kappa shape index (κ3) is 3.23. The molecular weight excluding hydrogens is 276 g/mol. The predicted octanol–water partition coefficient (Wildman–Crippen LogP) is 5.00. The Bertz CT molecular complexity index is 715. The van der Waals surface area contributed by atoms with Crippen molar-refractivity contribution in [3.05, 3.63) is 82.7 Å². The molecule has 1 atom stereocenters. The molecule has 0 aliphatic rings. The summed E-state index contributed by atoms with van der Waals surface area (Å²) < 4.78 is 0. The molecule has 0 aliphatic heterocycles. The molecule has 3 rings (SSSR count). The van der Waals surface area contributed by atoms with Gasteiger partial charge in [0.15, 0.2) is 0 Å². The van der Waals surface area contributed by atoms with Crippen LogP contribution in [-0.4, -0.2) is 5.11 Å². The molecule has 1 heterocycles. The van der Waals surface area contributed by atoms with Gasteiger partial charge in [0.25, 0.3) is 0 Å². The van der Waals surface area contributed by atoms with Gasteiger partial charge in [-0.15, -0.1) is 11.3 Å². The molecular formula is C19H18OS. The number of aryl methyl sites for hydroxylation is 1. The molecule has 0 saturated heterocycles. The van der Waals surface area contributed by atoms with Crippen LogP contribution in [0, 0.1) is 6.92 Å². The first-order valence-corrected chi connectivity index (χ1v) is 7.93. The fourth-order valence-electron chi connectivity index (χ4n) is 2.54. The van der Waals surface area contributed by atoms with E-state index in [-0.39, 0.29) is 0 Å². The maximum absolute atomic E-state index is 10.6.